The van der Waals surface area contributed by atoms with Gasteiger partial charge in [-0.25, -0.2) is 0 Å². The molecule has 0 aliphatic carbocycles. The zero-order chi connectivity index (χ0) is 66.2. The zero-order valence-electron chi connectivity index (χ0n) is 62.0. The van der Waals surface area contributed by atoms with Gasteiger partial charge in [0.1, 0.15) is 18.0 Å². The highest BCUT2D eigenvalue weighted by Crippen LogP contribution is 2.47. The van der Waals surface area contributed by atoms with Gasteiger partial charge in [0.15, 0.2) is 0 Å². The molecule has 4 fully saturated rings. The second-order valence-electron chi connectivity index (χ2n) is 36.5. The molecule has 4 aliphatic heterocycles. The number of ether oxygens (including phenoxy) is 2. The van der Waals surface area contributed by atoms with E-state index in [2.05, 4.69) is 209 Å². The molecule has 4 saturated heterocycles. The van der Waals surface area contributed by atoms with Crippen LogP contribution in [0.4, 0.5) is 11.9 Å². The summed E-state index contributed by atoms with van der Waals surface area (Å²) < 4.78 is 12.4. The van der Waals surface area contributed by atoms with Crippen LogP contribution in [0.5, 0.6) is 0 Å². The minimum absolute atomic E-state index is 0.0307. The second-order valence-corrected chi connectivity index (χ2v) is 36.5. The Morgan fingerprint density at radius 1 is 0.545 bits per heavy atom. The lowest BCUT2D eigenvalue weighted by atomic mass is 9.64. The Morgan fingerprint density at radius 3 is 1.47 bits per heavy atom. The van der Waals surface area contributed by atoms with E-state index in [-0.39, 0.29) is 96.2 Å². The SMILES string of the molecule is CCC(C)(CC)c1nc(NC(C)(C)CC(C)(C)C)nc(N(CCCCCCN(C2C(C)(C)CNCC2(C)C)C(C)(CC)CCC2(C)CC(OC(=O)CCCCCCCCC(=O)OC3CC(C)(C)NC(C)(C)C3)CC(C)(C)N2)C2CC(C)(C)NC(C)(C)C2)n1. The van der Waals surface area contributed by atoms with Crippen LogP contribution in [-0.2, 0) is 24.5 Å². The summed E-state index contributed by atoms with van der Waals surface area (Å²) in [5.41, 5.74) is -0.634. The molecule has 4 aliphatic rings. The van der Waals surface area contributed by atoms with Crippen molar-refractivity contribution in [3.8, 4) is 0 Å². The standard InChI is InChI=1S/C74H140N10O4/c1-26-72(23,27-2)60-76-61(79-71(21,22)51-63(4,5)6)78-62(77-60)83(54-45-66(11,12)80-67(13,14)46-54)43-37-33-34-38-44-84(59-64(7,8)52-75-53-65(59,9)10)74(25,28-3)42-41-73(24)50-56(49-70(19,20)82-73)88-58(86)40-36-32-30-29-31-35-39-57(85)87-55-47-68(15,16)81-69(17,18)48-55/h54-56,59,75,80-82H,26-53H2,1-25H3,(H,76,77,78,79). The third-order valence-electron chi connectivity index (χ3n) is 21.0. The number of hydrogen-bond acceptors (Lipinski definition) is 14. The van der Waals surface area contributed by atoms with Crippen molar-refractivity contribution in [2.75, 3.05) is 36.4 Å². The van der Waals surface area contributed by atoms with Gasteiger partial charge in [0, 0.05) is 120 Å². The van der Waals surface area contributed by atoms with Gasteiger partial charge < -0.3 is 41.0 Å². The average Bonchev–Trinajstić information content (AvgIpc) is 0.872. The van der Waals surface area contributed by atoms with Crippen molar-refractivity contribution < 1.29 is 19.1 Å². The highest BCUT2D eigenvalue weighted by Gasteiger charge is 2.52. The highest BCUT2D eigenvalue weighted by molar-refractivity contribution is 5.70. The van der Waals surface area contributed by atoms with E-state index in [1.54, 1.807) is 0 Å². The number of carbonyl (C=O) groups excluding carboxylic acids is 2. The lowest BCUT2D eigenvalue weighted by molar-refractivity contribution is -0.154. The minimum Gasteiger partial charge on any atom is -0.462 e. The van der Waals surface area contributed by atoms with Crippen molar-refractivity contribution in [1.82, 2.24) is 41.1 Å². The van der Waals surface area contributed by atoms with E-state index in [0.29, 0.717) is 24.8 Å². The number of carbonyl (C=O) groups is 2. The third kappa shape index (κ3) is 23.1. The first kappa shape index (κ1) is 76.1. The fraction of sp³-hybridized carbons (Fsp3) is 0.932. The van der Waals surface area contributed by atoms with E-state index in [1.165, 1.54) is 0 Å². The summed E-state index contributed by atoms with van der Waals surface area (Å²) in [6.45, 7) is 62.5. The molecule has 510 valence electrons. The number of unbranched alkanes of at least 4 members (excludes halogenated alkanes) is 8. The monoisotopic (exact) mass is 1230 g/mol. The van der Waals surface area contributed by atoms with Crippen molar-refractivity contribution in [3.63, 3.8) is 0 Å². The first-order valence-electron chi connectivity index (χ1n) is 35.8. The lowest BCUT2D eigenvalue weighted by Crippen LogP contribution is -2.68. The van der Waals surface area contributed by atoms with Crippen molar-refractivity contribution in [2.45, 2.75) is 401 Å². The maximum atomic E-state index is 13.6. The van der Waals surface area contributed by atoms with Crippen molar-refractivity contribution >= 4 is 23.8 Å². The van der Waals surface area contributed by atoms with Crippen LogP contribution < -0.4 is 31.5 Å². The van der Waals surface area contributed by atoms with Crippen LogP contribution in [0.3, 0.4) is 0 Å². The second kappa shape index (κ2) is 29.7. The van der Waals surface area contributed by atoms with Gasteiger partial charge in [-0.2, -0.15) is 15.0 Å². The van der Waals surface area contributed by atoms with Crippen LogP contribution in [-0.4, -0.2) is 127 Å². The molecule has 88 heavy (non-hydrogen) atoms. The summed E-state index contributed by atoms with van der Waals surface area (Å²) in [6.07, 6.45) is 22.5. The summed E-state index contributed by atoms with van der Waals surface area (Å²) in [5, 5.41) is 19.4. The fourth-order valence-electron chi connectivity index (χ4n) is 17.8. The van der Waals surface area contributed by atoms with Crippen molar-refractivity contribution in [1.29, 1.82) is 0 Å². The normalized spacial score (nSPS) is 24.6. The molecule has 0 radical (unpaired) electrons. The predicted molar refractivity (Wildman–Crippen MR) is 371 cm³/mol. The molecule has 1 aromatic rings. The molecular formula is C74H140N10O4. The fourth-order valence-corrected chi connectivity index (χ4v) is 17.8. The van der Waals surface area contributed by atoms with Crippen LogP contribution in [0.25, 0.3) is 0 Å². The molecule has 0 amide bonds. The molecule has 1 aromatic heterocycles. The van der Waals surface area contributed by atoms with Crippen LogP contribution in [0.2, 0.25) is 0 Å². The third-order valence-corrected chi connectivity index (χ3v) is 21.0. The molecule has 5 heterocycles. The van der Waals surface area contributed by atoms with E-state index in [1.807, 2.05) is 0 Å². The molecular weight excluding hydrogens is 1090 g/mol. The van der Waals surface area contributed by atoms with Gasteiger partial charge >= 0.3 is 11.9 Å². The quantitative estimate of drug-likeness (QED) is 0.0343. The highest BCUT2D eigenvalue weighted by atomic mass is 16.5. The molecule has 14 nitrogen and oxygen atoms in total. The Hall–Kier alpha value is -2.65. The topological polar surface area (TPSA) is 158 Å². The number of hydrogen-bond donors (Lipinski definition) is 5. The maximum Gasteiger partial charge on any atom is 0.306 e. The van der Waals surface area contributed by atoms with Gasteiger partial charge in [0.2, 0.25) is 11.9 Å². The Kier molecular flexibility index (Phi) is 25.7. The number of piperidine rings is 4. The van der Waals surface area contributed by atoms with E-state index < -0.39 is 0 Å². The van der Waals surface area contributed by atoms with E-state index in [0.717, 1.165) is 179 Å². The first-order valence-corrected chi connectivity index (χ1v) is 35.8. The summed E-state index contributed by atoms with van der Waals surface area (Å²) in [6, 6.07) is 0.671. The Morgan fingerprint density at radius 2 is 0.989 bits per heavy atom. The summed E-state index contributed by atoms with van der Waals surface area (Å²) >= 11 is 0. The number of anilines is 2. The molecule has 0 aromatic carbocycles. The lowest BCUT2D eigenvalue weighted by Gasteiger charge is -2.59. The van der Waals surface area contributed by atoms with E-state index >= 15 is 0 Å². The number of nitrogens with zero attached hydrogens (tertiary/aromatic N) is 5. The average molecular weight is 1230 g/mol. The first-order chi connectivity index (χ1) is 40.3. The van der Waals surface area contributed by atoms with Gasteiger partial charge in [-0.05, 0) is 197 Å². The van der Waals surface area contributed by atoms with Gasteiger partial charge in [-0.15, -0.1) is 0 Å². The van der Waals surface area contributed by atoms with Crippen molar-refractivity contribution in [2.24, 2.45) is 16.2 Å². The molecule has 3 unspecified atom stereocenters. The smallest absolute Gasteiger partial charge is 0.306 e. The summed E-state index contributed by atoms with van der Waals surface area (Å²) in [4.78, 5) is 48.0. The molecule has 14 heteroatoms. The van der Waals surface area contributed by atoms with E-state index in [9.17, 15) is 9.59 Å². The molecule has 3 atom stereocenters. The van der Waals surface area contributed by atoms with Crippen LogP contribution >= 0.6 is 0 Å². The summed E-state index contributed by atoms with van der Waals surface area (Å²) in [5.74, 6) is 2.29. The molecule has 5 N–H and O–H groups in total. The van der Waals surface area contributed by atoms with Crippen molar-refractivity contribution in [3.05, 3.63) is 5.82 Å². The maximum absolute atomic E-state index is 13.6. The van der Waals surface area contributed by atoms with Crippen LogP contribution in [0.1, 0.15) is 333 Å². The Balaban J connectivity index is 1.23. The van der Waals surface area contributed by atoms with Crippen LogP contribution in [0, 0.1) is 16.2 Å². The minimum atomic E-state index is -0.206. The molecule has 0 spiro atoms. The Labute approximate surface area is 541 Å². The van der Waals surface area contributed by atoms with Gasteiger partial charge in [-0.3, -0.25) is 14.5 Å². The zero-order valence-corrected chi connectivity index (χ0v) is 62.0. The number of rotatable bonds is 32. The van der Waals surface area contributed by atoms with E-state index in [4.69, 9.17) is 24.4 Å². The molecule has 5 rings (SSSR count). The van der Waals surface area contributed by atoms with Gasteiger partial charge in [-0.1, -0.05) is 115 Å². The molecule has 0 bridgehead atoms. The number of esters is 2. The summed E-state index contributed by atoms with van der Waals surface area (Å²) in [7, 11) is 0. The van der Waals surface area contributed by atoms with Gasteiger partial charge in [0.05, 0.1) is 0 Å². The van der Waals surface area contributed by atoms with Gasteiger partial charge in [0.25, 0.3) is 0 Å². The number of nitrogens with one attached hydrogen (secondary N) is 5. The number of aromatic nitrogens is 3. The predicted octanol–water partition coefficient (Wildman–Crippen LogP) is 16.3. The molecule has 0 saturated carbocycles. The largest absolute Gasteiger partial charge is 0.462 e. The van der Waals surface area contributed by atoms with Crippen LogP contribution in [0.15, 0.2) is 0 Å². The Bertz CT molecular complexity index is 2320.